The third-order valence-electron chi connectivity index (χ3n) is 10.1. The number of fused-ring (bicyclic) bond motifs is 2. The number of hydrogen-bond acceptors (Lipinski definition) is 10. The van der Waals surface area contributed by atoms with E-state index in [1.165, 1.54) is 0 Å². The first-order valence-corrected chi connectivity index (χ1v) is 17.2. The fourth-order valence-corrected chi connectivity index (χ4v) is 7.34. The van der Waals surface area contributed by atoms with Crippen LogP contribution < -0.4 is 20.7 Å². The number of hydrogen-bond donors (Lipinski definition) is 3. The van der Waals surface area contributed by atoms with Crippen molar-refractivity contribution < 1.29 is 23.9 Å². The fourth-order valence-electron chi connectivity index (χ4n) is 7.34. The molecule has 4 amide bonds. The van der Waals surface area contributed by atoms with Gasteiger partial charge in [0, 0.05) is 36.5 Å². The van der Waals surface area contributed by atoms with Crippen LogP contribution in [0.4, 0.5) is 5.69 Å². The first-order chi connectivity index (χ1) is 23.9. The second-order valence-corrected chi connectivity index (χ2v) is 13.4. The SMILES string of the molecule is O=C1CCC(N2C(=O)c3ccc(NCCC[C@H]4C[C@H](n5cc(-c6cnc7ccc(OC8CCNCC8)cc7n6)cn5)C4)cc3C2=O)C(=O)N1. The molecule has 5 heterocycles. The van der Waals surface area contributed by atoms with Gasteiger partial charge in [0.15, 0.2) is 0 Å². The van der Waals surface area contributed by atoms with Crippen LogP contribution in [0.25, 0.3) is 22.3 Å². The molecule has 49 heavy (non-hydrogen) atoms. The predicted molar refractivity (Wildman–Crippen MR) is 180 cm³/mol. The maximum Gasteiger partial charge on any atom is 0.262 e. The molecule has 0 bridgehead atoms. The fraction of sp³-hybridized carbons (Fsp3) is 0.417. The Morgan fingerprint density at radius 2 is 1.76 bits per heavy atom. The summed E-state index contributed by atoms with van der Waals surface area (Å²) in [7, 11) is 0. The molecule has 252 valence electrons. The average Bonchev–Trinajstić information content (AvgIpc) is 3.66. The summed E-state index contributed by atoms with van der Waals surface area (Å²) in [6.45, 7) is 2.69. The van der Waals surface area contributed by atoms with Crippen molar-refractivity contribution in [2.24, 2.45) is 5.92 Å². The van der Waals surface area contributed by atoms with E-state index in [0.29, 0.717) is 12.0 Å². The molecular formula is C36H38N8O5. The van der Waals surface area contributed by atoms with E-state index in [1.54, 1.807) is 24.4 Å². The minimum atomic E-state index is -0.966. The molecule has 0 radical (unpaired) electrons. The van der Waals surface area contributed by atoms with Crippen LogP contribution in [0, 0.1) is 5.92 Å². The number of carbonyl (C=O) groups excluding carboxylic acids is 4. The summed E-state index contributed by atoms with van der Waals surface area (Å²) >= 11 is 0. The van der Waals surface area contributed by atoms with Gasteiger partial charge in [0.05, 0.1) is 46.3 Å². The summed E-state index contributed by atoms with van der Waals surface area (Å²) in [4.78, 5) is 60.4. The average molecular weight is 663 g/mol. The molecule has 3 N–H and O–H groups in total. The lowest BCUT2D eigenvalue weighted by Crippen LogP contribution is -2.54. The van der Waals surface area contributed by atoms with Crippen molar-refractivity contribution in [3.8, 4) is 17.0 Å². The molecule has 8 rings (SSSR count). The molecule has 13 nitrogen and oxygen atoms in total. The number of rotatable bonds is 10. The van der Waals surface area contributed by atoms with E-state index in [0.717, 1.165) is 96.8 Å². The van der Waals surface area contributed by atoms with Gasteiger partial charge in [-0.05, 0) is 94.3 Å². The highest BCUT2D eigenvalue weighted by molar-refractivity contribution is 6.23. The number of carbonyl (C=O) groups is 4. The van der Waals surface area contributed by atoms with Gasteiger partial charge in [0.2, 0.25) is 11.8 Å². The largest absolute Gasteiger partial charge is 0.490 e. The van der Waals surface area contributed by atoms with Gasteiger partial charge in [-0.1, -0.05) is 0 Å². The second-order valence-electron chi connectivity index (χ2n) is 13.4. The Balaban J connectivity index is 0.811. The zero-order valence-corrected chi connectivity index (χ0v) is 27.1. The van der Waals surface area contributed by atoms with E-state index in [-0.39, 0.29) is 30.1 Å². The first kappa shape index (κ1) is 31.1. The molecular weight excluding hydrogens is 624 g/mol. The predicted octanol–water partition coefficient (Wildman–Crippen LogP) is 3.87. The highest BCUT2D eigenvalue weighted by atomic mass is 16.5. The molecule has 2 saturated heterocycles. The van der Waals surface area contributed by atoms with Crippen molar-refractivity contribution >= 4 is 40.3 Å². The van der Waals surface area contributed by atoms with Crippen molar-refractivity contribution in [1.29, 1.82) is 0 Å². The van der Waals surface area contributed by atoms with Crippen LogP contribution in [0.5, 0.6) is 5.75 Å². The first-order valence-electron chi connectivity index (χ1n) is 17.2. The summed E-state index contributed by atoms with van der Waals surface area (Å²) in [5.41, 5.74) is 4.69. The number of aromatic nitrogens is 4. The van der Waals surface area contributed by atoms with E-state index < -0.39 is 29.7 Å². The Labute approximate surface area is 282 Å². The number of ether oxygens (including phenoxy) is 1. The summed E-state index contributed by atoms with van der Waals surface area (Å²) in [6, 6.07) is 10.4. The van der Waals surface area contributed by atoms with Gasteiger partial charge in [-0.2, -0.15) is 5.10 Å². The van der Waals surface area contributed by atoms with E-state index in [9.17, 15) is 19.2 Å². The summed E-state index contributed by atoms with van der Waals surface area (Å²) in [6.07, 6.45) is 12.3. The molecule has 2 aromatic heterocycles. The number of amides is 4. The Morgan fingerprint density at radius 3 is 2.59 bits per heavy atom. The van der Waals surface area contributed by atoms with Gasteiger partial charge in [-0.3, -0.25) is 39.1 Å². The van der Waals surface area contributed by atoms with Gasteiger partial charge < -0.3 is 15.4 Å². The number of piperidine rings is 2. The van der Waals surface area contributed by atoms with Crippen molar-refractivity contribution in [2.45, 2.75) is 69.6 Å². The topological polar surface area (TPSA) is 160 Å². The zero-order valence-electron chi connectivity index (χ0n) is 27.1. The Kier molecular flexibility index (Phi) is 8.28. The molecule has 1 unspecified atom stereocenters. The lowest BCUT2D eigenvalue weighted by molar-refractivity contribution is -0.136. The van der Waals surface area contributed by atoms with E-state index in [4.69, 9.17) is 9.72 Å². The summed E-state index contributed by atoms with van der Waals surface area (Å²) in [5.74, 6) is -0.560. The van der Waals surface area contributed by atoms with Crippen LogP contribution in [0.2, 0.25) is 0 Å². The molecule has 2 aromatic carbocycles. The van der Waals surface area contributed by atoms with Crippen molar-refractivity contribution in [2.75, 3.05) is 25.0 Å². The minimum Gasteiger partial charge on any atom is -0.490 e. The monoisotopic (exact) mass is 662 g/mol. The zero-order chi connectivity index (χ0) is 33.5. The van der Waals surface area contributed by atoms with E-state index in [2.05, 4.69) is 32.2 Å². The number of imide groups is 2. The number of nitrogens with one attached hydrogen (secondary N) is 3. The molecule has 1 saturated carbocycles. The highest BCUT2D eigenvalue weighted by Crippen LogP contribution is 2.40. The normalized spacial score (nSPS) is 22.6. The summed E-state index contributed by atoms with van der Waals surface area (Å²) in [5, 5.41) is 13.6. The number of nitrogens with zero attached hydrogens (tertiary/aromatic N) is 5. The standard InChI is InChI=1S/C36H38N8O5/c45-33-8-7-32(34(46)42-33)44-35(47)27-5-3-23(16-28(27)36(44)48)38-11-1-2-21-14-24(15-21)43-20-22(18-40-43)31-19-39-29-6-4-26(17-30(29)41-31)49-25-9-12-37-13-10-25/h3-6,16-21,24-25,32,37-38H,1-2,7-15H2,(H,42,45,46)/t21-,24-,32?. The van der Waals surface area contributed by atoms with Crippen molar-refractivity contribution in [3.63, 3.8) is 0 Å². The maximum absolute atomic E-state index is 13.1. The van der Waals surface area contributed by atoms with Gasteiger partial charge in [0.25, 0.3) is 11.8 Å². The molecule has 1 aliphatic carbocycles. The number of anilines is 1. The van der Waals surface area contributed by atoms with Crippen molar-refractivity contribution in [3.05, 3.63) is 66.1 Å². The van der Waals surface area contributed by atoms with Crippen LogP contribution in [0.15, 0.2) is 55.0 Å². The number of benzene rings is 2. The molecule has 4 aromatic rings. The Bertz CT molecular complexity index is 1950. The summed E-state index contributed by atoms with van der Waals surface area (Å²) < 4.78 is 8.26. The van der Waals surface area contributed by atoms with E-state index in [1.807, 2.05) is 29.1 Å². The van der Waals surface area contributed by atoms with Gasteiger partial charge >= 0.3 is 0 Å². The highest BCUT2D eigenvalue weighted by Gasteiger charge is 2.44. The van der Waals surface area contributed by atoms with Crippen LogP contribution in [-0.2, 0) is 9.59 Å². The van der Waals surface area contributed by atoms with Gasteiger partial charge in [-0.15, -0.1) is 0 Å². The Hall–Kier alpha value is -5.17. The lowest BCUT2D eigenvalue weighted by Gasteiger charge is -2.35. The molecule has 4 aliphatic rings. The smallest absolute Gasteiger partial charge is 0.262 e. The molecule has 13 heteroatoms. The van der Waals surface area contributed by atoms with Gasteiger partial charge in [-0.25, -0.2) is 4.98 Å². The second kappa shape index (κ2) is 13.0. The molecule has 3 aliphatic heterocycles. The minimum absolute atomic E-state index is 0.0952. The molecule has 0 spiro atoms. The van der Waals surface area contributed by atoms with E-state index >= 15 is 0 Å². The molecule has 3 fully saturated rings. The quantitative estimate of drug-likeness (QED) is 0.168. The van der Waals surface area contributed by atoms with Crippen LogP contribution in [-0.4, -0.2) is 80.1 Å². The lowest BCUT2D eigenvalue weighted by atomic mass is 9.77. The van der Waals surface area contributed by atoms with Crippen LogP contribution in [0.1, 0.15) is 78.1 Å². The van der Waals surface area contributed by atoms with Crippen molar-refractivity contribution in [1.82, 2.24) is 35.3 Å². The van der Waals surface area contributed by atoms with Crippen LogP contribution >= 0.6 is 0 Å². The third kappa shape index (κ3) is 6.26. The maximum atomic E-state index is 13.1. The third-order valence-corrected chi connectivity index (χ3v) is 10.1. The Morgan fingerprint density at radius 1 is 0.918 bits per heavy atom. The molecule has 1 atom stereocenters. The van der Waals surface area contributed by atoms with Gasteiger partial charge in [0.1, 0.15) is 17.9 Å². The van der Waals surface area contributed by atoms with Crippen LogP contribution in [0.3, 0.4) is 0 Å².